The largest absolute Gasteiger partial charge is 0.427 e. The van der Waals surface area contributed by atoms with Crippen molar-refractivity contribution in [2.75, 3.05) is 0 Å². The van der Waals surface area contributed by atoms with Crippen LogP contribution in [0.4, 0.5) is 0 Å². The summed E-state index contributed by atoms with van der Waals surface area (Å²) in [5, 5.41) is 8.87. The molecule has 0 N–H and O–H groups in total. The molecule has 0 fully saturated rings. The zero-order valence-electron chi connectivity index (χ0n) is 15.1. The van der Waals surface area contributed by atoms with E-state index in [4.69, 9.17) is 10.00 Å². The van der Waals surface area contributed by atoms with Crippen LogP contribution in [0, 0.1) is 11.3 Å². The summed E-state index contributed by atoms with van der Waals surface area (Å²) < 4.78 is 5.30. The SMILES string of the molecule is CCCCC(=O)Oc1ccc(-c2ncc(-c3ccc(C#N)cc3)cn2)cc1. The summed E-state index contributed by atoms with van der Waals surface area (Å²) in [7, 11) is 0. The monoisotopic (exact) mass is 357 g/mol. The van der Waals surface area contributed by atoms with Gasteiger partial charge in [-0.25, -0.2) is 9.97 Å². The normalized spacial score (nSPS) is 10.2. The van der Waals surface area contributed by atoms with E-state index in [2.05, 4.69) is 16.0 Å². The summed E-state index contributed by atoms with van der Waals surface area (Å²) in [6.45, 7) is 2.04. The van der Waals surface area contributed by atoms with Crippen LogP contribution in [0.25, 0.3) is 22.5 Å². The van der Waals surface area contributed by atoms with Crippen molar-refractivity contribution >= 4 is 5.97 Å². The number of esters is 1. The summed E-state index contributed by atoms with van der Waals surface area (Å²) in [6.07, 6.45) is 5.73. The van der Waals surface area contributed by atoms with E-state index in [1.807, 2.05) is 31.2 Å². The first-order valence-corrected chi connectivity index (χ1v) is 8.83. The molecular formula is C22H19N3O2. The molecule has 0 atom stereocenters. The van der Waals surface area contributed by atoms with Crippen LogP contribution in [-0.4, -0.2) is 15.9 Å². The molecule has 27 heavy (non-hydrogen) atoms. The third-order valence-corrected chi connectivity index (χ3v) is 4.08. The summed E-state index contributed by atoms with van der Waals surface area (Å²) in [6, 6.07) is 16.5. The molecule has 0 saturated heterocycles. The average molecular weight is 357 g/mol. The van der Waals surface area contributed by atoms with E-state index in [1.165, 1.54) is 0 Å². The number of nitrogens with zero attached hydrogens (tertiary/aromatic N) is 3. The summed E-state index contributed by atoms with van der Waals surface area (Å²) in [5.41, 5.74) is 3.29. The second kappa shape index (κ2) is 8.72. The zero-order chi connectivity index (χ0) is 19.1. The van der Waals surface area contributed by atoms with Crippen molar-refractivity contribution in [3.8, 4) is 34.3 Å². The van der Waals surface area contributed by atoms with Gasteiger partial charge in [-0.05, 0) is 48.4 Å². The Kier molecular flexibility index (Phi) is 5.91. The van der Waals surface area contributed by atoms with E-state index < -0.39 is 0 Å². The minimum Gasteiger partial charge on any atom is -0.427 e. The fourth-order valence-electron chi connectivity index (χ4n) is 2.54. The highest BCUT2D eigenvalue weighted by Crippen LogP contribution is 2.22. The molecule has 0 radical (unpaired) electrons. The van der Waals surface area contributed by atoms with Crippen LogP contribution >= 0.6 is 0 Å². The smallest absolute Gasteiger partial charge is 0.311 e. The van der Waals surface area contributed by atoms with E-state index in [9.17, 15) is 4.79 Å². The van der Waals surface area contributed by atoms with Crippen molar-refractivity contribution in [1.29, 1.82) is 5.26 Å². The van der Waals surface area contributed by atoms with Gasteiger partial charge in [0.15, 0.2) is 5.82 Å². The lowest BCUT2D eigenvalue weighted by molar-refractivity contribution is -0.134. The maximum atomic E-state index is 11.7. The Morgan fingerprint density at radius 3 is 2.19 bits per heavy atom. The lowest BCUT2D eigenvalue weighted by Crippen LogP contribution is -2.07. The van der Waals surface area contributed by atoms with Crippen LogP contribution in [0.15, 0.2) is 60.9 Å². The number of hydrogen-bond donors (Lipinski definition) is 0. The molecule has 0 aliphatic rings. The number of ether oxygens (including phenoxy) is 1. The summed E-state index contributed by atoms with van der Waals surface area (Å²) >= 11 is 0. The fourth-order valence-corrected chi connectivity index (χ4v) is 2.54. The molecule has 1 aromatic heterocycles. The van der Waals surface area contributed by atoms with Crippen LogP contribution in [0.5, 0.6) is 5.75 Å². The van der Waals surface area contributed by atoms with E-state index in [0.717, 1.165) is 29.5 Å². The maximum Gasteiger partial charge on any atom is 0.311 e. The first kappa shape index (κ1) is 18.3. The molecule has 0 amide bonds. The lowest BCUT2D eigenvalue weighted by Gasteiger charge is -2.06. The predicted octanol–water partition coefficient (Wildman–Crippen LogP) is 4.78. The molecule has 0 aliphatic heterocycles. The Morgan fingerprint density at radius 2 is 1.59 bits per heavy atom. The Bertz CT molecular complexity index is 941. The van der Waals surface area contributed by atoms with Gasteiger partial charge in [0, 0.05) is 29.9 Å². The van der Waals surface area contributed by atoms with Gasteiger partial charge < -0.3 is 4.74 Å². The highest BCUT2D eigenvalue weighted by atomic mass is 16.5. The highest BCUT2D eigenvalue weighted by Gasteiger charge is 2.07. The molecule has 0 bridgehead atoms. The van der Waals surface area contributed by atoms with Crippen molar-refractivity contribution in [1.82, 2.24) is 9.97 Å². The highest BCUT2D eigenvalue weighted by molar-refractivity contribution is 5.72. The standard InChI is InChI=1S/C22H19N3O2/c1-2-3-4-21(26)27-20-11-9-18(10-12-20)22-24-14-19(15-25-22)17-7-5-16(13-23)6-8-17/h5-12,14-15H,2-4H2,1H3. The van der Waals surface area contributed by atoms with E-state index in [-0.39, 0.29) is 5.97 Å². The molecule has 0 spiro atoms. The van der Waals surface area contributed by atoms with Crippen LogP contribution in [0.2, 0.25) is 0 Å². The second-order valence-corrected chi connectivity index (χ2v) is 6.09. The van der Waals surface area contributed by atoms with Crippen molar-refractivity contribution in [3.05, 3.63) is 66.5 Å². The first-order chi connectivity index (χ1) is 13.2. The molecule has 5 heteroatoms. The number of rotatable bonds is 6. The number of hydrogen-bond acceptors (Lipinski definition) is 5. The molecule has 0 saturated carbocycles. The number of aromatic nitrogens is 2. The molecule has 1 heterocycles. The van der Waals surface area contributed by atoms with Gasteiger partial charge in [-0.3, -0.25) is 4.79 Å². The lowest BCUT2D eigenvalue weighted by atomic mass is 10.1. The van der Waals surface area contributed by atoms with Crippen molar-refractivity contribution in [2.45, 2.75) is 26.2 Å². The molecule has 0 aliphatic carbocycles. The molecule has 134 valence electrons. The number of benzene rings is 2. The molecular weight excluding hydrogens is 338 g/mol. The van der Waals surface area contributed by atoms with Crippen molar-refractivity contribution in [2.24, 2.45) is 0 Å². The van der Waals surface area contributed by atoms with Crippen molar-refractivity contribution < 1.29 is 9.53 Å². The molecule has 3 aromatic rings. The van der Waals surface area contributed by atoms with Crippen molar-refractivity contribution in [3.63, 3.8) is 0 Å². The van der Waals surface area contributed by atoms with E-state index in [0.29, 0.717) is 23.6 Å². The Balaban J connectivity index is 1.69. The second-order valence-electron chi connectivity index (χ2n) is 6.09. The van der Waals surface area contributed by atoms with Crippen LogP contribution in [-0.2, 0) is 4.79 Å². The van der Waals surface area contributed by atoms with Gasteiger partial charge in [-0.2, -0.15) is 5.26 Å². The van der Waals surface area contributed by atoms with Crippen LogP contribution < -0.4 is 4.74 Å². The van der Waals surface area contributed by atoms with Gasteiger partial charge >= 0.3 is 5.97 Å². The van der Waals surface area contributed by atoms with Crippen LogP contribution in [0.1, 0.15) is 31.7 Å². The maximum absolute atomic E-state index is 11.7. The number of carbonyl (C=O) groups is 1. The van der Waals surface area contributed by atoms with Gasteiger partial charge in [-0.15, -0.1) is 0 Å². The molecule has 2 aromatic carbocycles. The predicted molar refractivity (Wildman–Crippen MR) is 103 cm³/mol. The third kappa shape index (κ3) is 4.77. The Hall–Kier alpha value is -3.52. The molecule has 0 unspecified atom stereocenters. The summed E-state index contributed by atoms with van der Waals surface area (Å²) in [5.74, 6) is 0.901. The zero-order valence-corrected chi connectivity index (χ0v) is 15.1. The van der Waals surface area contributed by atoms with Gasteiger partial charge in [-0.1, -0.05) is 25.5 Å². The van der Waals surface area contributed by atoms with Gasteiger partial charge in [0.1, 0.15) is 5.75 Å². The molecule has 5 nitrogen and oxygen atoms in total. The molecule has 3 rings (SSSR count). The van der Waals surface area contributed by atoms with Gasteiger partial charge in [0.05, 0.1) is 11.6 Å². The summed E-state index contributed by atoms with van der Waals surface area (Å²) in [4.78, 5) is 20.5. The minimum atomic E-state index is -0.215. The Morgan fingerprint density at radius 1 is 0.963 bits per heavy atom. The number of nitriles is 1. The third-order valence-electron chi connectivity index (χ3n) is 4.08. The average Bonchev–Trinajstić information content (AvgIpc) is 2.73. The van der Waals surface area contributed by atoms with Crippen LogP contribution in [0.3, 0.4) is 0 Å². The Labute approximate surface area is 158 Å². The topological polar surface area (TPSA) is 75.9 Å². The minimum absolute atomic E-state index is 0.215. The van der Waals surface area contributed by atoms with Gasteiger partial charge in [0.2, 0.25) is 0 Å². The fraction of sp³-hybridized carbons (Fsp3) is 0.182. The first-order valence-electron chi connectivity index (χ1n) is 8.83. The van der Waals surface area contributed by atoms with Gasteiger partial charge in [0.25, 0.3) is 0 Å². The van der Waals surface area contributed by atoms with E-state index in [1.54, 1.807) is 36.7 Å². The quantitative estimate of drug-likeness (QED) is 0.469. The van der Waals surface area contributed by atoms with E-state index >= 15 is 0 Å². The number of carbonyl (C=O) groups excluding carboxylic acids is 1. The number of unbranched alkanes of at least 4 members (excludes halogenated alkanes) is 1.